The molecule has 4 aliphatic heterocycles. The molecule has 1 aromatic rings. The van der Waals surface area contributed by atoms with Crippen LogP contribution in [0.2, 0.25) is 0 Å². The summed E-state index contributed by atoms with van der Waals surface area (Å²) >= 11 is 0. The quantitative estimate of drug-likeness (QED) is 0.0130. The van der Waals surface area contributed by atoms with E-state index in [0.29, 0.717) is 75.6 Å². The first-order chi connectivity index (χ1) is 41.9. The van der Waals surface area contributed by atoms with Crippen LogP contribution in [0.4, 0.5) is 15.3 Å². The molecule has 10 amide bonds. The monoisotopic (exact) mass is 1230 g/mol. The molecule has 1 aromatic carbocycles. The lowest BCUT2D eigenvalue weighted by atomic mass is 9.87. The minimum absolute atomic E-state index is 0.0564. The van der Waals surface area contributed by atoms with Crippen molar-refractivity contribution in [2.24, 2.45) is 17.6 Å². The molecule has 4 heterocycles. The molecule has 0 radical (unpaired) electrons. The fraction of sp³-hybridized carbons (Fsp3) is 0.619. The number of unbranched alkanes of at least 4 members (excludes halogenated alkanes) is 2. The van der Waals surface area contributed by atoms with Crippen LogP contribution in [-0.2, 0) is 68.6 Å². The Labute approximate surface area is 514 Å². The summed E-state index contributed by atoms with van der Waals surface area (Å²) in [4.78, 5) is 126. The number of hydrogen-bond acceptors (Lipinski definition) is 16. The van der Waals surface area contributed by atoms with Crippen LogP contribution >= 0.6 is 0 Å². The van der Waals surface area contributed by atoms with Gasteiger partial charge in [0.2, 0.25) is 29.5 Å². The number of nitrogens with one attached hydrogen (secondary N) is 7. The molecule has 6 rings (SSSR count). The lowest BCUT2D eigenvalue weighted by Gasteiger charge is -2.39. The molecule has 1 saturated carbocycles. The summed E-state index contributed by atoms with van der Waals surface area (Å²) in [5, 5.41) is 31.1. The van der Waals surface area contributed by atoms with Gasteiger partial charge in [0.25, 0.3) is 11.8 Å². The number of rotatable bonds is 30. The molecule has 25 nitrogen and oxygen atoms in total. The van der Waals surface area contributed by atoms with Gasteiger partial charge in [0.1, 0.15) is 42.6 Å². The number of esters is 1. The zero-order valence-corrected chi connectivity index (χ0v) is 51.7. The molecule has 1 aliphatic carbocycles. The highest BCUT2D eigenvalue weighted by Crippen LogP contribution is 2.43. The van der Waals surface area contributed by atoms with E-state index in [4.69, 9.17) is 29.4 Å². The lowest BCUT2D eigenvalue weighted by molar-refractivity contribution is -0.146. The average molecular weight is 1230 g/mol. The van der Waals surface area contributed by atoms with Crippen LogP contribution in [0.1, 0.15) is 144 Å². The highest BCUT2D eigenvalue weighted by atomic mass is 16.6. The number of alkyl carbamates (subject to hydrolysis) is 1. The van der Waals surface area contributed by atoms with Gasteiger partial charge >= 0.3 is 18.1 Å². The highest BCUT2D eigenvalue weighted by molar-refractivity contribution is 6.12. The van der Waals surface area contributed by atoms with Gasteiger partial charge in [-0.15, -0.1) is 0 Å². The Morgan fingerprint density at radius 1 is 0.841 bits per heavy atom. The summed E-state index contributed by atoms with van der Waals surface area (Å²) in [5.41, 5.74) is 6.44. The lowest BCUT2D eigenvalue weighted by Crippen LogP contribution is -2.54. The van der Waals surface area contributed by atoms with Gasteiger partial charge in [-0.1, -0.05) is 63.1 Å². The largest absolute Gasteiger partial charge is 0.459 e. The van der Waals surface area contributed by atoms with Crippen molar-refractivity contribution in [3.8, 4) is 0 Å². The molecule has 3 saturated heterocycles. The zero-order valence-electron chi connectivity index (χ0n) is 51.7. The van der Waals surface area contributed by atoms with Crippen molar-refractivity contribution < 1.29 is 76.7 Å². The second kappa shape index (κ2) is 33.8. The molecule has 5 aliphatic rings. The summed E-state index contributed by atoms with van der Waals surface area (Å²) in [7, 11) is 0. The van der Waals surface area contributed by atoms with E-state index in [1.54, 1.807) is 45.0 Å². The van der Waals surface area contributed by atoms with E-state index in [1.165, 1.54) is 31.2 Å². The molecule has 1 spiro atoms. The molecule has 88 heavy (non-hydrogen) atoms. The minimum atomic E-state index is -1.06. The van der Waals surface area contributed by atoms with Gasteiger partial charge in [0, 0.05) is 68.9 Å². The summed E-state index contributed by atoms with van der Waals surface area (Å²) in [6.45, 7) is 13.2. The summed E-state index contributed by atoms with van der Waals surface area (Å²) < 4.78 is 29.0. The first kappa shape index (κ1) is 69.6. The molecule has 0 unspecified atom stereocenters. The third kappa shape index (κ3) is 22.6. The third-order valence-electron chi connectivity index (χ3n) is 16.4. The Morgan fingerprint density at radius 2 is 1.52 bits per heavy atom. The average Bonchev–Trinajstić information content (AvgIpc) is 1.69. The number of epoxide rings is 1. The van der Waals surface area contributed by atoms with Gasteiger partial charge in [-0.2, -0.15) is 0 Å². The number of carbonyl (C=O) groups excluding carboxylic acids is 10. The minimum Gasteiger partial charge on any atom is -0.459 e. The summed E-state index contributed by atoms with van der Waals surface area (Å²) in [6, 6.07) is 3.40. The highest BCUT2D eigenvalue weighted by Gasteiger charge is 2.58. The van der Waals surface area contributed by atoms with Crippen molar-refractivity contribution in [3.63, 3.8) is 0 Å². The molecule has 0 bridgehead atoms. The van der Waals surface area contributed by atoms with Gasteiger partial charge in [-0.3, -0.25) is 43.3 Å². The third-order valence-corrected chi connectivity index (χ3v) is 16.4. The van der Waals surface area contributed by atoms with Crippen LogP contribution in [0, 0.1) is 11.8 Å². The number of nitrogens with zero attached hydrogens (tertiary/aromatic N) is 1. The number of benzene rings is 1. The molecule has 11 atom stereocenters. The number of primary amides is 1. The maximum atomic E-state index is 13.7. The van der Waals surface area contributed by atoms with Crippen LogP contribution in [0.5, 0.6) is 0 Å². The van der Waals surface area contributed by atoms with Gasteiger partial charge in [0.15, 0.2) is 0 Å². The second-order valence-corrected chi connectivity index (χ2v) is 24.1. The topological polar surface area (TPSA) is 354 Å². The van der Waals surface area contributed by atoms with Crippen molar-refractivity contribution in [2.45, 2.75) is 217 Å². The normalized spacial score (nSPS) is 26.3. The maximum Gasteiger partial charge on any atom is 0.407 e. The van der Waals surface area contributed by atoms with Gasteiger partial charge < -0.3 is 71.7 Å². The first-order valence-electron chi connectivity index (χ1n) is 30.8. The first-order valence-corrected chi connectivity index (χ1v) is 30.8. The number of ether oxygens (including phenoxy) is 5. The van der Waals surface area contributed by atoms with Crippen LogP contribution in [0.25, 0.3) is 0 Å². The number of carbonyl (C=O) groups is 10. The van der Waals surface area contributed by atoms with Crippen molar-refractivity contribution in [3.05, 3.63) is 77.9 Å². The SMILES string of the molecule is CC(=O)O[C@@H](C)/C=C\C(=O)N[C@@H]1C[C@H](C)[C@H](C/C=C(C)/C=C/[C@H]2O[C@H](CC(=O)N[C@H]3CC[C@H](NC(=O)OCc4ccc(NC(=O)[C@H](CCCNC(N)=O)NC(=O)[C@@H](NC(=O)CCCCCN5C(=O)C=CC5=O)C(C)C)cc4)CC3)C[C@@]3(CO3)[C@@H]2O)O[C@@H]1C. The smallest absolute Gasteiger partial charge is 0.407 e. The number of allylic oxidation sites excluding steroid dienone is 2. The van der Waals surface area contributed by atoms with E-state index < -0.39 is 72.0 Å². The van der Waals surface area contributed by atoms with Gasteiger partial charge in [0.05, 0.1) is 37.4 Å². The van der Waals surface area contributed by atoms with Gasteiger partial charge in [-0.25, -0.2) is 9.59 Å². The number of imide groups is 1. The maximum absolute atomic E-state index is 13.7. The Morgan fingerprint density at radius 3 is 2.17 bits per heavy atom. The van der Waals surface area contributed by atoms with Crippen LogP contribution < -0.4 is 43.0 Å². The molecular weight excluding hydrogens is 1140 g/mol. The molecule has 484 valence electrons. The Balaban J connectivity index is 0.881. The predicted octanol–water partition coefficient (Wildman–Crippen LogP) is 4.21. The Bertz CT molecular complexity index is 2720. The number of hydrogen-bond donors (Lipinski definition) is 9. The van der Waals surface area contributed by atoms with Crippen molar-refractivity contribution in [1.82, 2.24) is 36.8 Å². The fourth-order valence-electron chi connectivity index (χ4n) is 11.2. The van der Waals surface area contributed by atoms with Crippen molar-refractivity contribution in [2.75, 3.05) is 25.0 Å². The number of aliphatic hydroxyl groups excluding tert-OH is 1. The molecule has 4 fully saturated rings. The zero-order chi connectivity index (χ0) is 64.1. The van der Waals surface area contributed by atoms with Gasteiger partial charge in [-0.05, 0) is 121 Å². The van der Waals surface area contributed by atoms with E-state index in [-0.39, 0.29) is 117 Å². The number of nitrogens with two attached hydrogens (primary N) is 1. The van der Waals surface area contributed by atoms with E-state index in [2.05, 4.69) is 50.2 Å². The van der Waals surface area contributed by atoms with E-state index >= 15 is 0 Å². The Hall–Kier alpha value is -7.48. The van der Waals surface area contributed by atoms with E-state index in [0.717, 1.165) is 16.9 Å². The van der Waals surface area contributed by atoms with Crippen LogP contribution in [0.15, 0.2) is 72.4 Å². The van der Waals surface area contributed by atoms with Crippen LogP contribution in [-0.4, -0.2) is 162 Å². The molecular formula is C63H91N9O16. The Kier molecular flexibility index (Phi) is 26.7. The fourth-order valence-corrected chi connectivity index (χ4v) is 11.2. The van der Waals surface area contributed by atoms with E-state index in [1.807, 2.05) is 26.0 Å². The molecule has 25 heteroatoms. The van der Waals surface area contributed by atoms with Crippen molar-refractivity contribution >= 4 is 65.1 Å². The predicted molar refractivity (Wildman–Crippen MR) is 323 cm³/mol. The number of aliphatic hydroxyl groups is 1. The summed E-state index contributed by atoms with van der Waals surface area (Å²) in [5.74, 6) is -3.28. The molecule has 0 aromatic heterocycles. The van der Waals surface area contributed by atoms with Crippen LogP contribution in [0.3, 0.4) is 0 Å². The number of amides is 10. The van der Waals surface area contributed by atoms with E-state index in [9.17, 15) is 53.1 Å². The number of urea groups is 1. The summed E-state index contributed by atoms with van der Waals surface area (Å²) in [6.07, 6.45) is 14.1. The van der Waals surface area contributed by atoms with Crippen molar-refractivity contribution in [1.29, 1.82) is 0 Å². The number of anilines is 1. The standard InChI is InChI=1S/C63H91N9O16/c1-37(2)57(71-52(74)13-9-8-10-31-72-55(77)28-29-56(72)78)60(81)70-48(12-11-30-65-61(64)82)59(80)67-45-19-17-43(18-20-45)35-84-62(83)68-46-23-21-44(22-24-46)66-54(76)33-47-34-63(36-85-63)58(79)51(88-47)26-15-38(3)14-25-50-39(4)32-49(41(6)87-50)69-53(75)27-16-40(5)86-42(7)73/h14-20,26-29,37,39-41,44,46-51,57-58,79H,8-13,21-25,30-36H2,1-7H3,(H,66,76)(H,67,80)(H,68,83)(H,69,75)(H,70,81)(H,71,74)(H3,64,65,82)/b26-15+,27-16-,38-14+/t39-,40-,41+,44-,46-,47+,48-,49+,50-,51+,57-,58+,63+/m0/s1. The molecule has 10 N–H and O–H groups in total. The second-order valence-electron chi connectivity index (χ2n) is 24.1.